The number of thiazole rings is 1. The van der Waals surface area contributed by atoms with E-state index in [2.05, 4.69) is 9.72 Å². The minimum Gasteiger partial charge on any atom is -0.425 e. The van der Waals surface area contributed by atoms with Crippen molar-refractivity contribution in [2.24, 2.45) is 0 Å². The van der Waals surface area contributed by atoms with Gasteiger partial charge in [0.25, 0.3) is 0 Å². The van der Waals surface area contributed by atoms with Gasteiger partial charge >= 0.3 is 12.0 Å². The summed E-state index contributed by atoms with van der Waals surface area (Å²) in [4.78, 5) is 15.2. The Balaban J connectivity index is 2.03. The van der Waals surface area contributed by atoms with E-state index in [0.717, 1.165) is 11.3 Å². The minimum atomic E-state index is -4.02. The molecule has 0 saturated carbocycles. The predicted octanol–water partition coefficient (Wildman–Crippen LogP) is 2.25. The standard InChI is InChI=1S/C12H10F2N2O3S/c13-12(14,19-9-4-2-1-3-5-9)10(18)16-11-15-8(6-17)7-20-11/h1-5,7,17H,6H2,(H,15,16,18). The van der Waals surface area contributed by atoms with Crippen LogP contribution in [0.3, 0.4) is 0 Å². The highest BCUT2D eigenvalue weighted by atomic mass is 32.1. The van der Waals surface area contributed by atoms with Crippen LogP contribution in [0.1, 0.15) is 5.69 Å². The van der Waals surface area contributed by atoms with Crippen molar-refractivity contribution < 1.29 is 23.4 Å². The lowest BCUT2D eigenvalue weighted by Crippen LogP contribution is -2.39. The van der Waals surface area contributed by atoms with Crippen LogP contribution >= 0.6 is 11.3 Å². The summed E-state index contributed by atoms with van der Waals surface area (Å²) in [5, 5.41) is 12.2. The van der Waals surface area contributed by atoms with Gasteiger partial charge in [0.1, 0.15) is 5.75 Å². The molecule has 1 heterocycles. The Kier molecular flexibility index (Phi) is 4.26. The second-order valence-electron chi connectivity index (χ2n) is 3.69. The lowest BCUT2D eigenvalue weighted by Gasteiger charge is -2.16. The van der Waals surface area contributed by atoms with E-state index in [1.807, 2.05) is 5.32 Å². The monoisotopic (exact) mass is 300 g/mol. The topological polar surface area (TPSA) is 71.5 Å². The average molecular weight is 300 g/mol. The quantitative estimate of drug-likeness (QED) is 0.888. The van der Waals surface area contributed by atoms with Gasteiger partial charge in [0, 0.05) is 5.38 Å². The van der Waals surface area contributed by atoms with Gasteiger partial charge in [-0.05, 0) is 12.1 Å². The summed E-state index contributed by atoms with van der Waals surface area (Å²) in [7, 11) is 0. The van der Waals surface area contributed by atoms with Crippen molar-refractivity contribution in [2.45, 2.75) is 12.7 Å². The van der Waals surface area contributed by atoms with E-state index in [4.69, 9.17) is 5.11 Å². The molecule has 0 fully saturated rings. The summed E-state index contributed by atoms with van der Waals surface area (Å²) in [6.45, 7) is -0.330. The van der Waals surface area contributed by atoms with Crippen molar-refractivity contribution in [1.29, 1.82) is 0 Å². The van der Waals surface area contributed by atoms with Crippen LogP contribution in [0.15, 0.2) is 35.7 Å². The van der Waals surface area contributed by atoms with Crippen LogP contribution in [0.5, 0.6) is 5.75 Å². The van der Waals surface area contributed by atoms with Crippen LogP contribution in [0.25, 0.3) is 0 Å². The number of anilines is 1. The van der Waals surface area contributed by atoms with E-state index in [1.54, 1.807) is 6.07 Å². The molecule has 1 aromatic carbocycles. The molecule has 1 aromatic heterocycles. The number of nitrogens with one attached hydrogen (secondary N) is 1. The fraction of sp³-hybridized carbons (Fsp3) is 0.167. The Hall–Kier alpha value is -2.06. The number of amides is 1. The van der Waals surface area contributed by atoms with Gasteiger partial charge in [-0.25, -0.2) is 4.98 Å². The highest BCUT2D eigenvalue weighted by molar-refractivity contribution is 7.13. The van der Waals surface area contributed by atoms with Crippen molar-refractivity contribution in [3.8, 4) is 5.75 Å². The van der Waals surface area contributed by atoms with Crippen molar-refractivity contribution in [3.63, 3.8) is 0 Å². The van der Waals surface area contributed by atoms with Gasteiger partial charge in [-0.2, -0.15) is 8.78 Å². The second-order valence-corrected chi connectivity index (χ2v) is 4.55. The summed E-state index contributed by atoms with van der Waals surface area (Å²) in [5.41, 5.74) is 0.289. The number of carbonyl (C=O) groups excluding carboxylic acids is 1. The number of aliphatic hydroxyl groups is 1. The smallest absolute Gasteiger partial charge is 0.425 e. The number of aliphatic hydroxyl groups excluding tert-OH is 1. The number of nitrogens with zero attached hydrogens (tertiary/aromatic N) is 1. The van der Waals surface area contributed by atoms with Gasteiger partial charge in [-0.15, -0.1) is 11.3 Å². The molecule has 0 atom stereocenters. The third kappa shape index (κ3) is 3.49. The number of halogens is 2. The van der Waals surface area contributed by atoms with Crippen molar-refractivity contribution >= 4 is 22.4 Å². The molecule has 1 amide bonds. The van der Waals surface area contributed by atoms with Gasteiger partial charge in [0.05, 0.1) is 12.3 Å². The maximum Gasteiger partial charge on any atom is 0.482 e. The van der Waals surface area contributed by atoms with E-state index in [0.29, 0.717) is 0 Å². The van der Waals surface area contributed by atoms with Crippen molar-refractivity contribution in [1.82, 2.24) is 4.98 Å². The Bertz CT molecular complexity index is 589. The van der Waals surface area contributed by atoms with Crippen molar-refractivity contribution in [2.75, 3.05) is 5.32 Å². The maximum atomic E-state index is 13.6. The first kappa shape index (κ1) is 14.4. The predicted molar refractivity (Wildman–Crippen MR) is 68.7 cm³/mol. The number of para-hydroxylation sites is 1. The Morgan fingerprint density at radius 3 is 2.70 bits per heavy atom. The number of hydrogen-bond acceptors (Lipinski definition) is 5. The molecule has 0 aliphatic heterocycles. The number of alkyl halides is 2. The molecule has 20 heavy (non-hydrogen) atoms. The van der Waals surface area contributed by atoms with Gasteiger partial charge in [0.2, 0.25) is 0 Å². The Morgan fingerprint density at radius 1 is 1.40 bits per heavy atom. The number of hydrogen-bond donors (Lipinski definition) is 2. The summed E-state index contributed by atoms with van der Waals surface area (Å²) < 4.78 is 31.5. The molecule has 106 valence electrons. The van der Waals surface area contributed by atoms with Crippen LogP contribution < -0.4 is 10.1 Å². The van der Waals surface area contributed by atoms with Crippen LogP contribution in [0.4, 0.5) is 13.9 Å². The third-order valence-corrected chi connectivity index (χ3v) is 2.99. The van der Waals surface area contributed by atoms with Gasteiger partial charge in [-0.1, -0.05) is 18.2 Å². The molecule has 0 spiro atoms. The van der Waals surface area contributed by atoms with Crippen LogP contribution in [0.2, 0.25) is 0 Å². The zero-order chi connectivity index (χ0) is 14.6. The fourth-order valence-electron chi connectivity index (χ4n) is 1.29. The number of benzene rings is 1. The lowest BCUT2D eigenvalue weighted by atomic mass is 10.3. The molecular weight excluding hydrogens is 290 g/mol. The zero-order valence-electron chi connectivity index (χ0n) is 10.0. The van der Waals surface area contributed by atoms with E-state index < -0.39 is 12.0 Å². The molecule has 0 saturated heterocycles. The average Bonchev–Trinajstić information content (AvgIpc) is 2.87. The molecule has 2 N–H and O–H groups in total. The summed E-state index contributed by atoms with van der Waals surface area (Å²) >= 11 is 0.933. The Morgan fingerprint density at radius 2 is 2.10 bits per heavy atom. The zero-order valence-corrected chi connectivity index (χ0v) is 10.9. The van der Waals surface area contributed by atoms with Gasteiger partial charge < -0.3 is 9.84 Å². The van der Waals surface area contributed by atoms with E-state index in [9.17, 15) is 13.6 Å². The summed E-state index contributed by atoms with van der Waals surface area (Å²) in [6.07, 6.45) is -4.02. The van der Waals surface area contributed by atoms with Gasteiger partial charge in [0.15, 0.2) is 5.13 Å². The van der Waals surface area contributed by atoms with Crippen LogP contribution in [0, 0.1) is 0 Å². The summed E-state index contributed by atoms with van der Waals surface area (Å²) in [6, 6.07) is 7.29. The maximum absolute atomic E-state index is 13.6. The van der Waals surface area contributed by atoms with E-state index in [-0.39, 0.29) is 23.2 Å². The lowest BCUT2D eigenvalue weighted by molar-refractivity contribution is -0.187. The van der Waals surface area contributed by atoms with E-state index >= 15 is 0 Å². The number of aromatic nitrogens is 1. The fourth-order valence-corrected chi connectivity index (χ4v) is 1.99. The van der Waals surface area contributed by atoms with Crippen LogP contribution in [-0.2, 0) is 11.4 Å². The van der Waals surface area contributed by atoms with Crippen molar-refractivity contribution in [3.05, 3.63) is 41.4 Å². The second kappa shape index (κ2) is 5.93. The first-order valence-electron chi connectivity index (χ1n) is 5.50. The molecule has 0 aliphatic rings. The van der Waals surface area contributed by atoms with Crippen LogP contribution in [-0.4, -0.2) is 22.1 Å². The highest BCUT2D eigenvalue weighted by Gasteiger charge is 2.42. The molecule has 0 bridgehead atoms. The minimum absolute atomic E-state index is 0.0320. The van der Waals surface area contributed by atoms with Gasteiger partial charge in [-0.3, -0.25) is 10.1 Å². The molecule has 0 radical (unpaired) electrons. The Labute approximate surface area is 116 Å². The molecule has 8 heteroatoms. The molecule has 0 aliphatic carbocycles. The highest BCUT2D eigenvalue weighted by Crippen LogP contribution is 2.24. The normalized spacial score (nSPS) is 11.2. The third-order valence-electron chi connectivity index (χ3n) is 2.19. The number of rotatable bonds is 5. The molecule has 0 unspecified atom stereocenters. The summed E-state index contributed by atoms with van der Waals surface area (Å²) in [5.74, 6) is -1.75. The SMILES string of the molecule is O=C(Nc1nc(CO)cs1)C(F)(F)Oc1ccccc1. The molecule has 5 nitrogen and oxygen atoms in total. The first-order valence-corrected chi connectivity index (χ1v) is 6.38. The largest absolute Gasteiger partial charge is 0.482 e. The molecular formula is C12H10F2N2O3S. The molecule has 2 aromatic rings. The first-order chi connectivity index (χ1) is 9.51. The van der Waals surface area contributed by atoms with E-state index in [1.165, 1.54) is 29.6 Å². The molecule has 2 rings (SSSR count). The number of ether oxygens (including phenoxy) is 1. The number of carbonyl (C=O) groups is 1.